The van der Waals surface area contributed by atoms with E-state index in [4.69, 9.17) is 14.7 Å². The highest BCUT2D eigenvalue weighted by Gasteiger charge is 2.37. The topological polar surface area (TPSA) is 107 Å². The molecule has 148 valence electrons. The number of nitrogens with zero attached hydrogens (tertiary/aromatic N) is 2. The largest absolute Gasteiger partial charge is 0.459 e. The van der Waals surface area contributed by atoms with Gasteiger partial charge < -0.3 is 20.0 Å². The van der Waals surface area contributed by atoms with Gasteiger partial charge in [-0.3, -0.25) is 4.79 Å². The maximum absolute atomic E-state index is 12.5. The summed E-state index contributed by atoms with van der Waals surface area (Å²) in [7, 11) is 0. The summed E-state index contributed by atoms with van der Waals surface area (Å²) in [5, 5.41) is 7.05. The molecule has 3 aromatic rings. The summed E-state index contributed by atoms with van der Waals surface area (Å²) in [5.74, 6) is 0.772. The van der Waals surface area contributed by atoms with Crippen molar-refractivity contribution in [3.8, 4) is 0 Å². The summed E-state index contributed by atoms with van der Waals surface area (Å²) in [6.07, 6.45) is 5.78. The molecule has 3 N–H and O–H groups in total. The highest BCUT2D eigenvalue weighted by Crippen LogP contribution is 2.35. The zero-order chi connectivity index (χ0) is 18.7. The van der Waals surface area contributed by atoms with E-state index in [0.717, 1.165) is 31.2 Å². The zero-order valence-corrected chi connectivity index (χ0v) is 16.2. The summed E-state index contributed by atoms with van der Waals surface area (Å²) in [6, 6.07) is 12.6. The van der Waals surface area contributed by atoms with E-state index in [-0.39, 0.29) is 24.1 Å². The van der Waals surface area contributed by atoms with Crippen LogP contribution in [0, 0.1) is 0 Å². The van der Waals surface area contributed by atoms with Gasteiger partial charge in [0.2, 0.25) is 5.89 Å². The third-order valence-corrected chi connectivity index (χ3v) is 5.01. The molecule has 2 aromatic heterocycles. The third kappa shape index (κ3) is 4.26. The molecule has 1 saturated carbocycles. The molecule has 1 amide bonds. The van der Waals surface area contributed by atoms with Crippen molar-refractivity contribution in [1.82, 2.24) is 15.5 Å². The van der Waals surface area contributed by atoms with Gasteiger partial charge in [-0.2, -0.15) is 4.98 Å². The molecule has 1 aromatic carbocycles. The number of benzene rings is 1. The van der Waals surface area contributed by atoms with Crippen LogP contribution in [-0.4, -0.2) is 16.0 Å². The van der Waals surface area contributed by atoms with Crippen molar-refractivity contribution in [2.45, 2.75) is 43.7 Å². The molecule has 0 aliphatic heterocycles. The lowest BCUT2D eigenvalue weighted by Gasteiger charge is -2.18. The van der Waals surface area contributed by atoms with Crippen LogP contribution in [0.2, 0.25) is 0 Å². The Morgan fingerprint density at radius 1 is 1.18 bits per heavy atom. The lowest BCUT2D eigenvalue weighted by molar-refractivity contribution is 0.0900. The number of hydrogen-bond donors (Lipinski definition) is 2. The van der Waals surface area contributed by atoms with Crippen LogP contribution in [-0.2, 0) is 12.0 Å². The van der Waals surface area contributed by atoms with E-state index < -0.39 is 11.6 Å². The number of halogens is 1. The van der Waals surface area contributed by atoms with E-state index in [0.29, 0.717) is 18.1 Å². The number of hydrogen-bond acceptors (Lipinski definition) is 6. The lowest BCUT2D eigenvalue weighted by Crippen LogP contribution is -2.35. The summed E-state index contributed by atoms with van der Waals surface area (Å²) >= 11 is 0. The number of nitrogens with one attached hydrogen (secondary N) is 1. The first-order chi connectivity index (χ1) is 13.1. The Kier molecular flexibility index (Phi) is 6.16. The Morgan fingerprint density at radius 2 is 1.93 bits per heavy atom. The third-order valence-electron chi connectivity index (χ3n) is 5.01. The highest BCUT2D eigenvalue weighted by molar-refractivity contribution is 5.91. The molecule has 0 radical (unpaired) electrons. The van der Waals surface area contributed by atoms with Crippen molar-refractivity contribution in [1.29, 1.82) is 0 Å². The molecule has 1 atom stereocenters. The molecule has 4 rings (SSSR count). The average molecular weight is 403 g/mol. The van der Waals surface area contributed by atoms with Crippen LogP contribution in [0.25, 0.3) is 0 Å². The first-order valence-corrected chi connectivity index (χ1v) is 9.15. The van der Waals surface area contributed by atoms with Gasteiger partial charge in [-0.05, 0) is 30.5 Å². The van der Waals surface area contributed by atoms with Gasteiger partial charge in [0.15, 0.2) is 11.6 Å². The quantitative estimate of drug-likeness (QED) is 0.653. The van der Waals surface area contributed by atoms with E-state index >= 15 is 0 Å². The maximum atomic E-state index is 12.5. The fourth-order valence-electron chi connectivity index (χ4n) is 3.50. The average Bonchev–Trinajstić information content (AvgIpc) is 3.43. The Labute approximate surface area is 169 Å². The number of nitrogens with two attached hydrogens (primary N) is 1. The van der Waals surface area contributed by atoms with Crippen molar-refractivity contribution < 1.29 is 13.7 Å². The van der Waals surface area contributed by atoms with Crippen molar-refractivity contribution in [2.75, 3.05) is 0 Å². The number of carbonyl (C=O) groups excluding carboxylic acids is 1. The number of aromatic nitrogens is 2. The zero-order valence-electron chi connectivity index (χ0n) is 15.3. The predicted octanol–water partition coefficient (Wildman–Crippen LogP) is 3.53. The predicted molar refractivity (Wildman–Crippen MR) is 105 cm³/mol. The monoisotopic (exact) mass is 402 g/mol. The highest BCUT2D eigenvalue weighted by atomic mass is 35.5. The summed E-state index contributed by atoms with van der Waals surface area (Å²) in [6.45, 7) is 0. The fraction of sp³-hybridized carbons (Fsp3) is 0.350. The maximum Gasteiger partial charge on any atom is 0.287 e. The molecular formula is C20H23ClN4O3. The van der Waals surface area contributed by atoms with E-state index in [2.05, 4.69) is 15.5 Å². The minimum atomic E-state index is -0.538. The smallest absolute Gasteiger partial charge is 0.287 e. The van der Waals surface area contributed by atoms with Crippen molar-refractivity contribution in [3.63, 3.8) is 0 Å². The van der Waals surface area contributed by atoms with E-state index in [1.807, 2.05) is 30.3 Å². The van der Waals surface area contributed by atoms with Crippen LogP contribution in [0.3, 0.4) is 0 Å². The second-order valence-electron chi connectivity index (χ2n) is 7.01. The van der Waals surface area contributed by atoms with Crippen LogP contribution in [0.1, 0.15) is 59.6 Å². The van der Waals surface area contributed by atoms with Gasteiger partial charge in [-0.1, -0.05) is 48.3 Å². The molecule has 2 heterocycles. The fourth-order valence-corrected chi connectivity index (χ4v) is 3.50. The molecular weight excluding hydrogens is 380 g/mol. The minimum Gasteiger partial charge on any atom is -0.459 e. The van der Waals surface area contributed by atoms with Gasteiger partial charge in [0, 0.05) is 6.42 Å². The molecule has 0 bridgehead atoms. The molecule has 1 aliphatic carbocycles. The van der Waals surface area contributed by atoms with Crippen molar-refractivity contribution >= 4 is 18.3 Å². The number of carbonyl (C=O) groups is 1. The number of rotatable bonds is 6. The Morgan fingerprint density at radius 3 is 2.61 bits per heavy atom. The molecule has 8 heteroatoms. The lowest BCUT2D eigenvalue weighted by atomic mass is 9.98. The molecule has 28 heavy (non-hydrogen) atoms. The van der Waals surface area contributed by atoms with Gasteiger partial charge >= 0.3 is 0 Å². The second kappa shape index (κ2) is 8.58. The number of amides is 1. The molecule has 7 nitrogen and oxygen atoms in total. The SMILES string of the molecule is Cl.NC1(c2noc(C(Cc3ccccc3)NC(=O)c3ccco3)n2)CCCC1. The van der Waals surface area contributed by atoms with Gasteiger partial charge in [0.1, 0.15) is 6.04 Å². The van der Waals surface area contributed by atoms with Gasteiger partial charge in [-0.25, -0.2) is 0 Å². The first kappa shape index (κ1) is 20.1. The van der Waals surface area contributed by atoms with Crippen LogP contribution >= 0.6 is 12.4 Å². The van der Waals surface area contributed by atoms with E-state index in [1.165, 1.54) is 6.26 Å². The van der Waals surface area contributed by atoms with E-state index in [9.17, 15) is 4.79 Å². The van der Waals surface area contributed by atoms with Crippen LogP contribution in [0.5, 0.6) is 0 Å². The molecule has 1 fully saturated rings. The van der Waals surface area contributed by atoms with Gasteiger partial charge in [0.05, 0.1) is 11.8 Å². The number of furan rings is 1. The standard InChI is InChI=1S/C20H22N4O3.ClH/c21-20(10-4-5-11-20)19-23-18(27-24-19)15(13-14-7-2-1-3-8-14)22-17(25)16-9-6-12-26-16;/h1-3,6-9,12,15H,4-5,10-11,13,21H2,(H,22,25);1H. The Bertz CT molecular complexity index is 889. The molecule has 0 saturated heterocycles. The first-order valence-electron chi connectivity index (χ1n) is 9.15. The molecule has 1 unspecified atom stereocenters. The molecule has 0 spiro atoms. The second-order valence-corrected chi connectivity index (χ2v) is 7.01. The van der Waals surface area contributed by atoms with Crippen LogP contribution < -0.4 is 11.1 Å². The summed E-state index contributed by atoms with van der Waals surface area (Å²) < 4.78 is 10.7. The Balaban J connectivity index is 0.00000225. The van der Waals surface area contributed by atoms with Gasteiger partial charge in [-0.15, -0.1) is 12.4 Å². The van der Waals surface area contributed by atoms with Gasteiger partial charge in [0.25, 0.3) is 5.91 Å². The minimum absolute atomic E-state index is 0. The summed E-state index contributed by atoms with van der Waals surface area (Å²) in [5.41, 5.74) is 6.95. The van der Waals surface area contributed by atoms with E-state index in [1.54, 1.807) is 12.1 Å². The van der Waals surface area contributed by atoms with Crippen LogP contribution in [0.4, 0.5) is 0 Å². The Hall–Kier alpha value is -2.64. The molecule has 1 aliphatic rings. The van der Waals surface area contributed by atoms with Crippen molar-refractivity contribution in [2.24, 2.45) is 5.73 Å². The van der Waals surface area contributed by atoms with Crippen LogP contribution in [0.15, 0.2) is 57.7 Å². The van der Waals surface area contributed by atoms with Crippen molar-refractivity contribution in [3.05, 3.63) is 71.8 Å². The summed E-state index contributed by atoms with van der Waals surface area (Å²) in [4.78, 5) is 17.0. The normalized spacial score (nSPS) is 16.3.